The minimum atomic E-state index is -0.111. The van der Waals surface area contributed by atoms with Gasteiger partial charge < -0.3 is 4.90 Å². The van der Waals surface area contributed by atoms with Crippen molar-refractivity contribution in [1.29, 1.82) is 0 Å². The van der Waals surface area contributed by atoms with Gasteiger partial charge in [-0.15, -0.1) is 0 Å². The van der Waals surface area contributed by atoms with E-state index in [0.29, 0.717) is 10.9 Å². The van der Waals surface area contributed by atoms with Gasteiger partial charge >= 0.3 is 0 Å². The van der Waals surface area contributed by atoms with Crippen molar-refractivity contribution in [1.82, 2.24) is 14.7 Å². The molecule has 110 valence electrons. The van der Waals surface area contributed by atoms with Crippen LogP contribution in [0.25, 0.3) is 10.9 Å². The van der Waals surface area contributed by atoms with Gasteiger partial charge in [-0.3, -0.25) is 14.3 Å². The Kier molecular flexibility index (Phi) is 3.73. The van der Waals surface area contributed by atoms with Gasteiger partial charge in [0.05, 0.1) is 11.7 Å². The van der Waals surface area contributed by atoms with Crippen LogP contribution < -0.4 is 5.43 Å². The van der Waals surface area contributed by atoms with Gasteiger partial charge in [0.2, 0.25) is 11.3 Å². The van der Waals surface area contributed by atoms with Crippen LogP contribution in [0.2, 0.25) is 0 Å². The monoisotopic (exact) mass is 285 g/mol. The van der Waals surface area contributed by atoms with E-state index in [1.54, 1.807) is 10.7 Å². The van der Waals surface area contributed by atoms with E-state index in [1.165, 1.54) is 12.6 Å². The quantitative estimate of drug-likeness (QED) is 0.845. The van der Waals surface area contributed by atoms with Crippen molar-refractivity contribution >= 4 is 16.8 Å². The van der Waals surface area contributed by atoms with E-state index in [0.717, 1.165) is 19.4 Å². The third-order valence-corrected chi connectivity index (χ3v) is 4.17. The number of para-hydroxylation sites is 1. The molecule has 0 saturated carbocycles. The Bertz CT molecular complexity index is 723. The molecule has 1 amide bonds. The first-order valence-corrected chi connectivity index (χ1v) is 7.41. The highest BCUT2D eigenvalue weighted by molar-refractivity contribution is 5.81. The fourth-order valence-corrected chi connectivity index (χ4v) is 2.97. The zero-order chi connectivity index (χ0) is 14.8. The molecule has 0 aliphatic carbocycles. The molecule has 3 rings (SSSR count). The van der Waals surface area contributed by atoms with Crippen LogP contribution in [0, 0.1) is 0 Å². The molecule has 5 heteroatoms. The van der Waals surface area contributed by atoms with E-state index in [-0.39, 0.29) is 23.9 Å². The molecule has 1 aromatic carbocycles. The summed E-state index contributed by atoms with van der Waals surface area (Å²) in [5, 5.41) is 4.73. The lowest BCUT2D eigenvalue weighted by molar-refractivity contribution is -0.135. The standard InChI is InChI=1S/C16H19N3O2/c1-12-6-4-5-9-18(12)16(21)11-19-14-8-3-2-7-13(14)15(20)10-17-19/h2-3,7-8,10,12H,4-6,9,11H2,1H3/t12-/m1/s1. The van der Waals surface area contributed by atoms with Crippen molar-refractivity contribution in [3.63, 3.8) is 0 Å². The van der Waals surface area contributed by atoms with Crippen LogP contribution in [0.1, 0.15) is 26.2 Å². The third kappa shape index (κ3) is 2.68. The zero-order valence-corrected chi connectivity index (χ0v) is 12.2. The van der Waals surface area contributed by atoms with Gasteiger partial charge in [-0.05, 0) is 38.3 Å². The number of likely N-dealkylation sites (tertiary alicyclic amines) is 1. The van der Waals surface area contributed by atoms with Crippen LogP contribution in [-0.2, 0) is 11.3 Å². The van der Waals surface area contributed by atoms with Crippen LogP contribution in [0.15, 0.2) is 35.3 Å². The highest BCUT2D eigenvalue weighted by Crippen LogP contribution is 2.17. The smallest absolute Gasteiger partial charge is 0.244 e. The van der Waals surface area contributed by atoms with Crippen molar-refractivity contribution in [2.45, 2.75) is 38.8 Å². The van der Waals surface area contributed by atoms with E-state index in [4.69, 9.17) is 0 Å². The lowest BCUT2D eigenvalue weighted by Gasteiger charge is -2.33. The molecule has 1 fully saturated rings. The summed E-state index contributed by atoms with van der Waals surface area (Å²) in [5.41, 5.74) is 0.601. The van der Waals surface area contributed by atoms with Crippen LogP contribution in [0.5, 0.6) is 0 Å². The summed E-state index contributed by atoms with van der Waals surface area (Å²) in [7, 11) is 0. The molecule has 1 aromatic heterocycles. The first-order chi connectivity index (χ1) is 10.2. The number of aromatic nitrogens is 2. The van der Waals surface area contributed by atoms with E-state index >= 15 is 0 Å². The van der Waals surface area contributed by atoms with Crippen LogP contribution in [0.3, 0.4) is 0 Å². The van der Waals surface area contributed by atoms with Crippen molar-refractivity contribution < 1.29 is 4.79 Å². The highest BCUT2D eigenvalue weighted by Gasteiger charge is 2.23. The summed E-state index contributed by atoms with van der Waals surface area (Å²) in [6, 6.07) is 7.56. The molecular weight excluding hydrogens is 266 g/mol. The van der Waals surface area contributed by atoms with Gasteiger partial charge in [-0.1, -0.05) is 12.1 Å². The maximum Gasteiger partial charge on any atom is 0.244 e. The summed E-state index contributed by atoms with van der Waals surface area (Å²) >= 11 is 0. The van der Waals surface area contributed by atoms with Crippen LogP contribution >= 0.6 is 0 Å². The number of carbonyl (C=O) groups excluding carboxylic acids is 1. The number of carbonyl (C=O) groups is 1. The Balaban J connectivity index is 1.90. The SMILES string of the molecule is C[C@@H]1CCCCN1C(=O)Cn1ncc(=O)c2ccccc21. The summed E-state index contributed by atoms with van der Waals surface area (Å²) in [4.78, 5) is 26.2. The molecule has 1 aliphatic heterocycles. The molecule has 2 heterocycles. The number of rotatable bonds is 2. The average molecular weight is 285 g/mol. The molecule has 0 N–H and O–H groups in total. The van der Waals surface area contributed by atoms with Gasteiger partial charge in [-0.25, -0.2) is 0 Å². The number of nitrogens with zero attached hydrogens (tertiary/aromatic N) is 3. The fraction of sp³-hybridized carbons (Fsp3) is 0.438. The summed E-state index contributed by atoms with van der Waals surface area (Å²) in [6.45, 7) is 3.09. The molecule has 1 aliphatic rings. The second kappa shape index (κ2) is 5.68. The second-order valence-corrected chi connectivity index (χ2v) is 5.62. The molecular formula is C16H19N3O2. The van der Waals surface area contributed by atoms with Gasteiger partial charge in [0.25, 0.3) is 0 Å². The Morgan fingerprint density at radius 1 is 1.33 bits per heavy atom. The number of amides is 1. The molecule has 0 spiro atoms. The Morgan fingerprint density at radius 2 is 2.14 bits per heavy atom. The summed E-state index contributed by atoms with van der Waals surface area (Å²) < 4.78 is 1.63. The van der Waals surface area contributed by atoms with Gasteiger partial charge in [-0.2, -0.15) is 5.10 Å². The topological polar surface area (TPSA) is 55.2 Å². The number of hydrogen-bond donors (Lipinski definition) is 0. The summed E-state index contributed by atoms with van der Waals surface area (Å²) in [6.07, 6.45) is 4.60. The first-order valence-electron chi connectivity index (χ1n) is 7.41. The predicted molar refractivity (Wildman–Crippen MR) is 81.0 cm³/mol. The van der Waals surface area contributed by atoms with E-state index in [1.807, 2.05) is 23.1 Å². The number of fused-ring (bicyclic) bond motifs is 1. The molecule has 0 bridgehead atoms. The van der Waals surface area contributed by atoms with Gasteiger partial charge in [0, 0.05) is 18.0 Å². The highest BCUT2D eigenvalue weighted by atomic mass is 16.2. The van der Waals surface area contributed by atoms with Crippen LogP contribution in [-0.4, -0.2) is 33.2 Å². The van der Waals surface area contributed by atoms with E-state index in [9.17, 15) is 9.59 Å². The first kappa shape index (κ1) is 13.8. The Labute approximate surface area is 123 Å². The predicted octanol–water partition coefficient (Wildman–Crippen LogP) is 1.80. The number of benzene rings is 1. The number of hydrogen-bond acceptors (Lipinski definition) is 3. The zero-order valence-electron chi connectivity index (χ0n) is 12.2. The average Bonchev–Trinajstić information content (AvgIpc) is 2.51. The second-order valence-electron chi connectivity index (χ2n) is 5.62. The molecule has 0 unspecified atom stereocenters. The minimum absolute atomic E-state index is 0.0727. The normalized spacial score (nSPS) is 18.9. The lowest BCUT2D eigenvalue weighted by Crippen LogP contribution is -2.43. The van der Waals surface area contributed by atoms with Gasteiger partial charge in [0.15, 0.2) is 0 Å². The molecule has 1 atom stereocenters. The Morgan fingerprint density at radius 3 is 2.95 bits per heavy atom. The van der Waals surface area contributed by atoms with Crippen molar-refractivity contribution in [3.05, 3.63) is 40.7 Å². The van der Waals surface area contributed by atoms with Gasteiger partial charge in [0.1, 0.15) is 6.54 Å². The largest absolute Gasteiger partial charge is 0.338 e. The van der Waals surface area contributed by atoms with Crippen molar-refractivity contribution in [3.8, 4) is 0 Å². The van der Waals surface area contributed by atoms with E-state index < -0.39 is 0 Å². The number of piperidine rings is 1. The maximum atomic E-state index is 12.5. The lowest BCUT2D eigenvalue weighted by atomic mass is 10.0. The summed E-state index contributed by atoms with van der Waals surface area (Å²) in [5.74, 6) is 0.0727. The molecule has 21 heavy (non-hydrogen) atoms. The van der Waals surface area contributed by atoms with Crippen LogP contribution in [0.4, 0.5) is 0 Å². The maximum absolute atomic E-state index is 12.5. The van der Waals surface area contributed by atoms with E-state index in [2.05, 4.69) is 12.0 Å². The fourth-order valence-electron chi connectivity index (χ4n) is 2.97. The van der Waals surface area contributed by atoms with Crippen molar-refractivity contribution in [2.24, 2.45) is 0 Å². The molecule has 1 saturated heterocycles. The molecule has 0 radical (unpaired) electrons. The Hall–Kier alpha value is -2.17. The minimum Gasteiger partial charge on any atom is -0.338 e. The molecule has 2 aromatic rings. The molecule has 5 nitrogen and oxygen atoms in total. The third-order valence-electron chi connectivity index (χ3n) is 4.17. The van der Waals surface area contributed by atoms with Crippen molar-refractivity contribution in [2.75, 3.05) is 6.54 Å².